The Balaban J connectivity index is 2.15. The number of halogens is 4. The maximum atomic E-state index is 12.3. The molecule has 1 saturated carbocycles. The SMILES string of the molecule is O=S(=O)(NCC1CCC(Br)C1)c1c(Cl)cc(Br)cc1Cl. The minimum atomic E-state index is -3.69. The summed E-state index contributed by atoms with van der Waals surface area (Å²) in [6.07, 6.45) is 3.07. The van der Waals surface area contributed by atoms with Crippen LogP contribution in [-0.2, 0) is 10.0 Å². The third kappa shape index (κ3) is 4.11. The monoisotopic (exact) mass is 463 g/mol. The van der Waals surface area contributed by atoms with Crippen LogP contribution in [0.25, 0.3) is 0 Å². The van der Waals surface area contributed by atoms with Gasteiger partial charge in [0.1, 0.15) is 4.90 Å². The molecule has 0 saturated heterocycles. The summed E-state index contributed by atoms with van der Waals surface area (Å²) in [4.78, 5) is 0.425. The zero-order valence-electron chi connectivity index (χ0n) is 10.4. The summed E-state index contributed by atoms with van der Waals surface area (Å²) in [6.45, 7) is 0.410. The van der Waals surface area contributed by atoms with Crippen LogP contribution in [0.4, 0.5) is 0 Å². The van der Waals surface area contributed by atoms with E-state index in [1.807, 2.05) is 0 Å². The topological polar surface area (TPSA) is 46.2 Å². The van der Waals surface area contributed by atoms with Gasteiger partial charge in [0.05, 0.1) is 10.0 Å². The number of nitrogens with one attached hydrogen (secondary N) is 1. The van der Waals surface area contributed by atoms with E-state index in [0.717, 1.165) is 19.3 Å². The van der Waals surface area contributed by atoms with Gasteiger partial charge in [-0.15, -0.1) is 0 Å². The van der Waals surface area contributed by atoms with Crippen LogP contribution in [0.5, 0.6) is 0 Å². The molecule has 20 heavy (non-hydrogen) atoms. The van der Waals surface area contributed by atoms with E-state index < -0.39 is 10.0 Å². The van der Waals surface area contributed by atoms with Crippen molar-refractivity contribution in [2.75, 3.05) is 6.54 Å². The van der Waals surface area contributed by atoms with Gasteiger partial charge in [0, 0.05) is 15.8 Å². The molecule has 2 unspecified atom stereocenters. The van der Waals surface area contributed by atoms with E-state index in [1.165, 1.54) is 12.1 Å². The van der Waals surface area contributed by atoms with Crippen molar-refractivity contribution in [3.63, 3.8) is 0 Å². The number of rotatable bonds is 4. The number of sulfonamides is 1. The molecule has 1 aliphatic rings. The molecule has 0 bridgehead atoms. The molecule has 0 amide bonds. The third-order valence-corrected chi connectivity index (χ3v) is 6.90. The Hall–Kier alpha value is 0.670. The van der Waals surface area contributed by atoms with Crippen LogP contribution in [0, 0.1) is 5.92 Å². The number of hydrogen-bond acceptors (Lipinski definition) is 2. The molecule has 1 N–H and O–H groups in total. The highest BCUT2D eigenvalue weighted by Crippen LogP contribution is 2.34. The molecule has 0 spiro atoms. The molecule has 8 heteroatoms. The first kappa shape index (κ1) is 17.0. The number of benzene rings is 1. The van der Waals surface area contributed by atoms with Crippen LogP contribution in [0.15, 0.2) is 21.5 Å². The zero-order chi connectivity index (χ0) is 14.9. The minimum Gasteiger partial charge on any atom is -0.211 e. The summed E-state index contributed by atoms with van der Waals surface area (Å²) in [5.74, 6) is 0.349. The van der Waals surface area contributed by atoms with Crippen LogP contribution in [0.3, 0.4) is 0 Å². The molecule has 0 radical (unpaired) electrons. The summed E-state index contributed by atoms with van der Waals surface area (Å²) in [7, 11) is -3.69. The van der Waals surface area contributed by atoms with Crippen molar-refractivity contribution in [1.82, 2.24) is 4.72 Å². The second-order valence-corrected chi connectivity index (χ2v) is 9.56. The highest BCUT2D eigenvalue weighted by molar-refractivity contribution is 9.10. The van der Waals surface area contributed by atoms with Gasteiger partial charge in [-0.05, 0) is 37.3 Å². The lowest BCUT2D eigenvalue weighted by molar-refractivity contribution is 0.521. The molecule has 0 heterocycles. The summed E-state index contributed by atoms with van der Waals surface area (Å²) < 4.78 is 27.9. The van der Waals surface area contributed by atoms with Crippen molar-refractivity contribution in [2.24, 2.45) is 5.92 Å². The summed E-state index contributed by atoms with van der Waals surface area (Å²) >= 11 is 18.8. The van der Waals surface area contributed by atoms with E-state index in [2.05, 4.69) is 36.6 Å². The number of hydrogen-bond donors (Lipinski definition) is 1. The molecule has 1 aliphatic carbocycles. The minimum absolute atomic E-state index is 0.0579. The molecular formula is C12H13Br2Cl2NO2S. The average molecular weight is 466 g/mol. The smallest absolute Gasteiger partial charge is 0.211 e. The first-order chi connectivity index (χ1) is 9.29. The lowest BCUT2D eigenvalue weighted by Gasteiger charge is -2.13. The predicted octanol–water partition coefficient (Wildman–Crippen LogP) is 4.60. The third-order valence-electron chi connectivity index (χ3n) is 3.27. The molecule has 2 rings (SSSR count). The molecule has 1 fully saturated rings. The Morgan fingerprint density at radius 1 is 1.25 bits per heavy atom. The van der Waals surface area contributed by atoms with Gasteiger partial charge in [0.25, 0.3) is 0 Å². The highest BCUT2D eigenvalue weighted by Gasteiger charge is 2.27. The van der Waals surface area contributed by atoms with Crippen LogP contribution < -0.4 is 4.72 Å². The number of alkyl halides is 1. The normalized spacial score (nSPS) is 23.2. The van der Waals surface area contributed by atoms with Gasteiger partial charge in [-0.2, -0.15) is 0 Å². The van der Waals surface area contributed by atoms with Gasteiger partial charge in [-0.1, -0.05) is 55.1 Å². The van der Waals surface area contributed by atoms with Crippen molar-refractivity contribution in [3.05, 3.63) is 26.7 Å². The Morgan fingerprint density at radius 2 is 1.85 bits per heavy atom. The Morgan fingerprint density at radius 3 is 2.35 bits per heavy atom. The average Bonchev–Trinajstić information content (AvgIpc) is 2.71. The van der Waals surface area contributed by atoms with Gasteiger partial charge in [-0.3, -0.25) is 0 Å². The molecule has 112 valence electrons. The fourth-order valence-electron chi connectivity index (χ4n) is 2.28. The second-order valence-electron chi connectivity index (χ2n) is 4.83. The maximum absolute atomic E-state index is 12.3. The van der Waals surface area contributed by atoms with Gasteiger partial charge < -0.3 is 0 Å². The standard InChI is InChI=1S/C12H13Br2Cl2NO2S/c13-8-2-1-7(3-8)6-17-20(18,19)12-10(15)4-9(14)5-11(12)16/h4-5,7-8,17H,1-3,6H2. The molecular weight excluding hydrogens is 453 g/mol. The fraction of sp³-hybridized carbons (Fsp3) is 0.500. The highest BCUT2D eigenvalue weighted by atomic mass is 79.9. The van der Waals surface area contributed by atoms with E-state index in [4.69, 9.17) is 23.2 Å². The molecule has 2 atom stereocenters. The largest absolute Gasteiger partial charge is 0.243 e. The van der Waals surface area contributed by atoms with Crippen molar-refractivity contribution >= 4 is 65.1 Å². The Bertz CT molecular complexity index is 586. The molecule has 0 aliphatic heterocycles. The summed E-state index contributed by atoms with van der Waals surface area (Å²) in [6, 6.07) is 3.04. The van der Waals surface area contributed by atoms with Crippen LogP contribution in [-0.4, -0.2) is 19.8 Å². The fourth-order valence-corrected chi connectivity index (χ4v) is 6.13. The first-order valence-corrected chi connectivity index (χ1v) is 10.0. The quantitative estimate of drug-likeness (QED) is 0.660. The van der Waals surface area contributed by atoms with E-state index in [9.17, 15) is 8.42 Å². The lowest BCUT2D eigenvalue weighted by atomic mass is 10.1. The maximum Gasteiger partial charge on any atom is 0.243 e. The molecule has 1 aromatic carbocycles. The van der Waals surface area contributed by atoms with E-state index in [1.54, 1.807) is 0 Å². The molecule has 3 nitrogen and oxygen atoms in total. The van der Waals surface area contributed by atoms with Crippen LogP contribution >= 0.6 is 55.1 Å². The van der Waals surface area contributed by atoms with Crippen molar-refractivity contribution < 1.29 is 8.42 Å². The van der Waals surface area contributed by atoms with Crippen LogP contribution in [0.1, 0.15) is 19.3 Å². The van der Waals surface area contributed by atoms with Gasteiger partial charge in [0.15, 0.2) is 0 Å². The van der Waals surface area contributed by atoms with Gasteiger partial charge >= 0.3 is 0 Å². The second kappa shape index (κ2) is 6.84. The summed E-state index contributed by atoms with van der Waals surface area (Å²) in [5.41, 5.74) is 0. The molecule has 1 aromatic rings. The van der Waals surface area contributed by atoms with Gasteiger partial charge in [-0.25, -0.2) is 13.1 Å². The van der Waals surface area contributed by atoms with Crippen molar-refractivity contribution in [1.29, 1.82) is 0 Å². The first-order valence-electron chi connectivity index (χ1n) is 6.08. The van der Waals surface area contributed by atoms with E-state index in [-0.39, 0.29) is 14.9 Å². The van der Waals surface area contributed by atoms with E-state index in [0.29, 0.717) is 21.8 Å². The Kier molecular flexibility index (Phi) is 5.82. The molecule has 0 aromatic heterocycles. The summed E-state index contributed by atoms with van der Waals surface area (Å²) in [5, 5.41) is 0.225. The zero-order valence-corrected chi connectivity index (χ0v) is 15.9. The lowest BCUT2D eigenvalue weighted by Crippen LogP contribution is -2.29. The van der Waals surface area contributed by atoms with Crippen molar-refractivity contribution in [3.8, 4) is 0 Å². The predicted molar refractivity (Wildman–Crippen MR) is 89.4 cm³/mol. The van der Waals surface area contributed by atoms with E-state index >= 15 is 0 Å². The van der Waals surface area contributed by atoms with Crippen molar-refractivity contribution in [2.45, 2.75) is 29.0 Å². The van der Waals surface area contributed by atoms with Crippen LogP contribution in [0.2, 0.25) is 10.0 Å². The Labute approximate surface area is 145 Å². The van der Waals surface area contributed by atoms with Gasteiger partial charge in [0.2, 0.25) is 10.0 Å².